The Labute approximate surface area is 144 Å². The summed E-state index contributed by atoms with van der Waals surface area (Å²) in [7, 11) is 1.65. The number of fused-ring (bicyclic) bond motifs is 1. The molecule has 0 aliphatic heterocycles. The number of thiophene rings is 1. The molecule has 0 radical (unpaired) electrons. The van der Waals surface area contributed by atoms with Gasteiger partial charge in [0.2, 0.25) is 0 Å². The van der Waals surface area contributed by atoms with E-state index < -0.39 is 0 Å². The van der Waals surface area contributed by atoms with Crippen LogP contribution < -0.4 is 4.74 Å². The van der Waals surface area contributed by atoms with Gasteiger partial charge in [-0.1, -0.05) is 0 Å². The second-order valence-electron chi connectivity index (χ2n) is 5.73. The molecule has 0 spiro atoms. The van der Waals surface area contributed by atoms with Gasteiger partial charge in [0.1, 0.15) is 23.1 Å². The zero-order valence-electron chi connectivity index (χ0n) is 13.3. The van der Waals surface area contributed by atoms with E-state index in [0.29, 0.717) is 0 Å². The average Bonchev–Trinajstić information content (AvgIpc) is 3.25. The molecule has 0 saturated heterocycles. The predicted octanol–water partition coefficient (Wildman–Crippen LogP) is 3.75. The van der Waals surface area contributed by atoms with Crippen molar-refractivity contribution in [2.45, 2.75) is 25.7 Å². The van der Waals surface area contributed by atoms with Crippen molar-refractivity contribution in [2.24, 2.45) is 0 Å². The quantitative estimate of drug-likeness (QED) is 0.730. The molecular formula is C18H16N4OS. The van der Waals surface area contributed by atoms with E-state index in [-0.39, 0.29) is 0 Å². The van der Waals surface area contributed by atoms with Crippen molar-refractivity contribution < 1.29 is 4.74 Å². The van der Waals surface area contributed by atoms with E-state index >= 15 is 0 Å². The first-order chi connectivity index (χ1) is 11.8. The van der Waals surface area contributed by atoms with Crippen LogP contribution in [0.5, 0.6) is 5.75 Å². The summed E-state index contributed by atoms with van der Waals surface area (Å²) >= 11 is 1.67. The molecule has 1 aliphatic rings. The van der Waals surface area contributed by atoms with E-state index in [4.69, 9.17) is 4.74 Å². The van der Waals surface area contributed by atoms with Crippen molar-refractivity contribution in [3.63, 3.8) is 0 Å². The van der Waals surface area contributed by atoms with Crippen LogP contribution >= 0.6 is 11.3 Å². The largest absolute Gasteiger partial charge is 0.497 e. The monoisotopic (exact) mass is 336 g/mol. The molecule has 1 aromatic carbocycles. The van der Waals surface area contributed by atoms with E-state index in [2.05, 4.69) is 16.2 Å². The van der Waals surface area contributed by atoms with Crippen molar-refractivity contribution in [3.8, 4) is 28.2 Å². The number of hydrogen-bond donors (Lipinski definition) is 0. The molecule has 120 valence electrons. The Bertz CT molecular complexity index is 918. The van der Waals surface area contributed by atoms with Gasteiger partial charge in [0.25, 0.3) is 0 Å². The Hall–Kier alpha value is -2.65. The molecule has 4 rings (SSSR count). The third kappa shape index (κ3) is 2.38. The average molecular weight is 336 g/mol. The fourth-order valence-electron chi connectivity index (χ4n) is 3.14. The van der Waals surface area contributed by atoms with E-state index in [1.165, 1.54) is 16.9 Å². The van der Waals surface area contributed by atoms with E-state index in [9.17, 15) is 5.26 Å². The van der Waals surface area contributed by atoms with Crippen molar-refractivity contribution in [3.05, 3.63) is 46.6 Å². The number of ether oxygens (including phenoxy) is 1. The maximum Gasteiger partial charge on any atom is 0.164 e. The van der Waals surface area contributed by atoms with Gasteiger partial charge in [-0.2, -0.15) is 10.4 Å². The molecule has 3 aromatic rings. The van der Waals surface area contributed by atoms with E-state index in [1.54, 1.807) is 29.5 Å². The molecular weight excluding hydrogens is 320 g/mol. The lowest BCUT2D eigenvalue weighted by molar-refractivity contribution is 0.415. The minimum Gasteiger partial charge on any atom is -0.497 e. The van der Waals surface area contributed by atoms with Crippen LogP contribution in [0.15, 0.2) is 30.6 Å². The van der Waals surface area contributed by atoms with Crippen molar-refractivity contribution in [1.29, 1.82) is 5.26 Å². The summed E-state index contributed by atoms with van der Waals surface area (Å²) in [4.78, 5) is 5.73. The van der Waals surface area contributed by atoms with Crippen LogP contribution in [0.25, 0.3) is 16.4 Å². The molecule has 2 aromatic heterocycles. The zero-order valence-corrected chi connectivity index (χ0v) is 14.1. The molecule has 0 unspecified atom stereocenters. The van der Waals surface area contributed by atoms with Crippen LogP contribution in [0.4, 0.5) is 0 Å². The normalized spacial score (nSPS) is 13.3. The number of rotatable bonds is 3. The molecule has 0 bridgehead atoms. The van der Waals surface area contributed by atoms with Gasteiger partial charge in [-0.25, -0.2) is 9.67 Å². The third-order valence-electron chi connectivity index (χ3n) is 4.35. The van der Waals surface area contributed by atoms with Gasteiger partial charge in [-0.15, -0.1) is 11.3 Å². The maximum absolute atomic E-state index is 9.67. The van der Waals surface area contributed by atoms with Crippen LogP contribution in [0.2, 0.25) is 0 Å². The molecule has 0 saturated carbocycles. The predicted molar refractivity (Wildman–Crippen MR) is 92.6 cm³/mol. The van der Waals surface area contributed by atoms with Gasteiger partial charge < -0.3 is 4.74 Å². The fraction of sp³-hybridized carbons (Fsp3) is 0.278. The summed E-state index contributed by atoms with van der Waals surface area (Å²) in [5, 5.41) is 14.9. The van der Waals surface area contributed by atoms with Crippen LogP contribution in [0.3, 0.4) is 0 Å². The molecule has 2 heterocycles. The molecule has 1 aliphatic carbocycles. The second-order valence-corrected chi connectivity index (χ2v) is 6.81. The first-order valence-electron chi connectivity index (χ1n) is 7.91. The standard InChI is InChI=1S/C18H16N4OS/c1-23-13-8-6-12(7-9-13)17-20-11-21-22(17)18-15(10-19)14-4-2-3-5-16(14)24-18/h6-9,11H,2-5H2,1H3. The summed E-state index contributed by atoms with van der Waals surface area (Å²) in [5.41, 5.74) is 2.92. The number of methoxy groups -OCH3 is 1. The topological polar surface area (TPSA) is 63.7 Å². The first-order valence-corrected chi connectivity index (χ1v) is 8.73. The number of nitriles is 1. The van der Waals surface area contributed by atoms with Gasteiger partial charge in [-0.3, -0.25) is 0 Å². The van der Waals surface area contributed by atoms with Gasteiger partial charge in [-0.05, 0) is 55.5 Å². The fourth-order valence-corrected chi connectivity index (χ4v) is 4.44. The molecule has 5 nitrogen and oxygen atoms in total. The molecule has 0 atom stereocenters. The Morgan fingerprint density at radius 3 is 2.75 bits per heavy atom. The van der Waals surface area contributed by atoms with Crippen LogP contribution in [0.1, 0.15) is 28.8 Å². The Kier molecular flexibility index (Phi) is 3.79. The van der Waals surface area contributed by atoms with Crippen molar-refractivity contribution in [2.75, 3.05) is 7.11 Å². The number of benzene rings is 1. The Balaban J connectivity index is 1.83. The summed E-state index contributed by atoms with van der Waals surface area (Å²) in [6, 6.07) is 10.1. The first kappa shape index (κ1) is 14.9. The smallest absolute Gasteiger partial charge is 0.164 e. The Morgan fingerprint density at radius 1 is 1.21 bits per heavy atom. The highest BCUT2D eigenvalue weighted by molar-refractivity contribution is 7.15. The lowest BCUT2D eigenvalue weighted by Gasteiger charge is -2.09. The number of aryl methyl sites for hydroxylation is 1. The van der Waals surface area contributed by atoms with Crippen LogP contribution in [0, 0.1) is 11.3 Å². The van der Waals surface area contributed by atoms with Gasteiger partial charge in [0, 0.05) is 10.4 Å². The molecule has 0 N–H and O–H groups in total. The van der Waals surface area contributed by atoms with Gasteiger partial charge in [0.15, 0.2) is 5.82 Å². The van der Waals surface area contributed by atoms with E-state index in [0.717, 1.165) is 47.0 Å². The third-order valence-corrected chi connectivity index (χ3v) is 5.62. The van der Waals surface area contributed by atoms with Gasteiger partial charge in [0.05, 0.1) is 12.7 Å². The molecule has 0 fully saturated rings. The summed E-state index contributed by atoms with van der Waals surface area (Å²) < 4.78 is 7.00. The number of aromatic nitrogens is 3. The minimum absolute atomic E-state index is 0.743. The van der Waals surface area contributed by atoms with Crippen LogP contribution in [-0.4, -0.2) is 21.9 Å². The minimum atomic E-state index is 0.743. The molecule has 6 heteroatoms. The van der Waals surface area contributed by atoms with Crippen LogP contribution in [-0.2, 0) is 12.8 Å². The van der Waals surface area contributed by atoms with Crippen molar-refractivity contribution in [1.82, 2.24) is 14.8 Å². The lowest BCUT2D eigenvalue weighted by atomic mass is 9.96. The SMILES string of the molecule is COc1ccc(-c2ncnn2-c2sc3c(c2C#N)CCCC3)cc1. The van der Waals surface area contributed by atoms with E-state index in [1.807, 2.05) is 24.3 Å². The highest BCUT2D eigenvalue weighted by atomic mass is 32.1. The lowest BCUT2D eigenvalue weighted by Crippen LogP contribution is -2.02. The van der Waals surface area contributed by atoms with Gasteiger partial charge >= 0.3 is 0 Å². The van der Waals surface area contributed by atoms with Crippen molar-refractivity contribution >= 4 is 11.3 Å². The maximum atomic E-state index is 9.67. The summed E-state index contributed by atoms with van der Waals surface area (Å²) in [6.45, 7) is 0. The second kappa shape index (κ2) is 6.10. The zero-order chi connectivity index (χ0) is 16.5. The highest BCUT2D eigenvalue weighted by Gasteiger charge is 2.23. The molecule has 24 heavy (non-hydrogen) atoms. The summed E-state index contributed by atoms with van der Waals surface area (Å²) in [6.07, 6.45) is 5.93. The Morgan fingerprint density at radius 2 is 2.00 bits per heavy atom. The number of nitrogens with zero attached hydrogens (tertiary/aromatic N) is 4. The highest BCUT2D eigenvalue weighted by Crippen LogP contribution is 2.37. The molecule has 0 amide bonds. The number of hydrogen-bond acceptors (Lipinski definition) is 5. The summed E-state index contributed by atoms with van der Waals surface area (Å²) in [5.74, 6) is 1.54.